The third-order valence-corrected chi connectivity index (χ3v) is 4.36. The van der Waals surface area contributed by atoms with Crippen molar-refractivity contribution in [2.75, 3.05) is 5.32 Å². The Balaban J connectivity index is 1.91. The van der Waals surface area contributed by atoms with E-state index in [2.05, 4.69) is 21.2 Å². The molecule has 0 amide bonds. The predicted molar refractivity (Wildman–Crippen MR) is 80.2 cm³/mol. The number of benzene rings is 2. The van der Waals surface area contributed by atoms with Crippen LogP contribution in [0.2, 0.25) is 5.02 Å². The van der Waals surface area contributed by atoms with Crippen LogP contribution in [-0.2, 0) is 6.42 Å². The summed E-state index contributed by atoms with van der Waals surface area (Å²) in [6.45, 7) is 0. The van der Waals surface area contributed by atoms with Gasteiger partial charge in [-0.05, 0) is 64.2 Å². The number of hydrogen-bond donors (Lipinski definition) is 1. The Bertz CT molecular complexity index is 609. The number of nitrogens with one attached hydrogen (secondary N) is 1. The van der Waals surface area contributed by atoms with E-state index in [0.717, 1.165) is 22.3 Å². The molecule has 3 rings (SSSR count). The molecule has 0 aliphatic heterocycles. The summed E-state index contributed by atoms with van der Waals surface area (Å²) in [6.07, 6.45) is 1.93. The third-order valence-electron chi connectivity index (χ3n) is 3.46. The second-order valence-electron chi connectivity index (χ2n) is 4.68. The normalized spacial score (nSPS) is 17.3. The van der Waals surface area contributed by atoms with Crippen LogP contribution < -0.4 is 5.32 Å². The molecule has 1 aliphatic carbocycles. The van der Waals surface area contributed by atoms with Crippen molar-refractivity contribution >= 4 is 33.2 Å². The van der Waals surface area contributed by atoms with Crippen molar-refractivity contribution in [2.45, 2.75) is 18.9 Å². The standard InChI is InChI=1S/C15H12BrClFN/c16-12-2-1-3-13(18)15(12)19-14-7-4-9-8-10(17)5-6-11(9)14/h1-3,5-6,8,14,19H,4,7H2. The lowest BCUT2D eigenvalue weighted by atomic mass is 10.1. The molecular weight excluding hydrogens is 329 g/mol. The lowest BCUT2D eigenvalue weighted by molar-refractivity contribution is 0.624. The highest BCUT2D eigenvalue weighted by atomic mass is 79.9. The maximum Gasteiger partial charge on any atom is 0.147 e. The predicted octanol–water partition coefficient (Wildman–Crippen LogP) is 5.34. The molecule has 0 aromatic heterocycles. The van der Waals surface area contributed by atoms with E-state index >= 15 is 0 Å². The maximum atomic E-state index is 13.8. The SMILES string of the molecule is Fc1cccc(Br)c1NC1CCc2cc(Cl)ccc21. The number of rotatable bonds is 2. The van der Waals surface area contributed by atoms with Gasteiger partial charge in [-0.3, -0.25) is 0 Å². The number of para-hydroxylation sites is 1. The van der Waals surface area contributed by atoms with Gasteiger partial charge in [0, 0.05) is 9.50 Å². The summed E-state index contributed by atoms with van der Waals surface area (Å²) in [5.41, 5.74) is 2.98. The monoisotopic (exact) mass is 339 g/mol. The quantitative estimate of drug-likeness (QED) is 0.778. The summed E-state index contributed by atoms with van der Waals surface area (Å²) in [5, 5.41) is 4.04. The molecule has 0 spiro atoms. The fourth-order valence-electron chi connectivity index (χ4n) is 2.55. The second-order valence-corrected chi connectivity index (χ2v) is 5.97. The van der Waals surface area contributed by atoms with Crippen molar-refractivity contribution in [1.82, 2.24) is 0 Å². The molecule has 1 nitrogen and oxygen atoms in total. The number of fused-ring (bicyclic) bond motifs is 1. The topological polar surface area (TPSA) is 12.0 Å². The molecule has 1 aliphatic rings. The molecule has 0 saturated carbocycles. The van der Waals surface area contributed by atoms with Crippen molar-refractivity contribution in [3.05, 3.63) is 62.8 Å². The minimum Gasteiger partial charge on any atom is -0.375 e. The Morgan fingerprint density at radius 2 is 2.11 bits per heavy atom. The van der Waals surface area contributed by atoms with Crippen molar-refractivity contribution in [2.24, 2.45) is 0 Å². The zero-order chi connectivity index (χ0) is 13.4. The largest absolute Gasteiger partial charge is 0.375 e. The molecule has 1 N–H and O–H groups in total. The summed E-state index contributed by atoms with van der Waals surface area (Å²) < 4.78 is 14.6. The summed E-state index contributed by atoms with van der Waals surface area (Å²) in [7, 11) is 0. The zero-order valence-electron chi connectivity index (χ0n) is 10.1. The molecule has 0 heterocycles. The zero-order valence-corrected chi connectivity index (χ0v) is 12.4. The number of aryl methyl sites for hydroxylation is 1. The lowest BCUT2D eigenvalue weighted by Gasteiger charge is -2.17. The molecule has 98 valence electrons. The van der Waals surface area contributed by atoms with E-state index in [1.165, 1.54) is 17.2 Å². The Morgan fingerprint density at radius 3 is 2.89 bits per heavy atom. The summed E-state index contributed by atoms with van der Waals surface area (Å²) >= 11 is 9.38. The molecule has 1 atom stereocenters. The number of halogens is 3. The average Bonchev–Trinajstić information content (AvgIpc) is 2.76. The van der Waals surface area contributed by atoms with Crippen LogP contribution in [0, 0.1) is 5.82 Å². The molecule has 2 aromatic carbocycles. The molecule has 1 unspecified atom stereocenters. The first-order chi connectivity index (χ1) is 9.15. The summed E-state index contributed by atoms with van der Waals surface area (Å²) in [6, 6.07) is 11.0. The van der Waals surface area contributed by atoms with E-state index in [-0.39, 0.29) is 11.9 Å². The fraction of sp³-hybridized carbons (Fsp3) is 0.200. The Kier molecular flexibility index (Phi) is 3.50. The minimum atomic E-state index is -0.239. The Hall–Kier alpha value is -1.06. The van der Waals surface area contributed by atoms with Crippen LogP contribution in [-0.4, -0.2) is 0 Å². The maximum absolute atomic E-state index is 13.8. The van der Waals surface area contributed by atoms with Gasteiger partial charge in [0.1, 0.15) is 5.82 Å². The van der Waals surface area contributed by atoms with Crippen LogP contribution in [0.25, 0.3) is 0 Å². The van der Waals surface area contributed by atoms with Gasteiger partial charge in [0.2, 0.25) is 0 Å². The van der Waals surface area contributed by atoms with Crippen LogP contribution in [0.15, 0.2) is 40.9 Å². The van der Waals surface area contributed by atoms with Gasteiger partial charge >= 0.3 is 0 Å². The van der Waals surface area contributed by atoms with E-state index in [1.54, 1.807) is 6.07 Å². The van der Waals surface area contributed by atoms with Gasteiger partial charge in [0.15, 0.2) is 0 Å². The van der Waals surface area contributed by atoms with E-state index < -0.39 is 0 Å². The lowest BCUT2D eigenvalue weighted by Crippen LogP contribution is -2.09. The Morgan fingerprint density at radius 1 is 1.26 bits per heavy atom. The highest BCUT2D eigenvalue weighted by Gasteiger charge is 2.23. The van der Waals surface area contributed by atoms with Gasteiger partial charge < -0.3 is 5.32 Å². The van der Waals surface area contributed by atoms with Crippen LogP contribution in [0.1, 0.15) is 23.6 Å². The molecule has 0 bridgehead atoms. The van der Waals surface area contributed by atoms with Gasteiger partial charge in [-0.15, -0.1) is 0 Å². The second kappa shape index (κ2) is 5.14. The highest BCUT2D eigenvalue weighted by molar-refractivity contribution is 9.10. The van der Waals surface area contributed by atoms with Crippen LogP contribution in [0.5, 0.6) is 0 Å². The van der Waals surface area contributed by atoms with Crippen molar-refractivity contribution in [3.8, 4) is 0 Å². The summed E-state index contributed by atoms with van der Waals surface area (Å²) in [5.74, 6) is -0.239. The van der Waals surface area contributed by atoms with Crippen LogP contribution in [0.3, 0.4) is 0 Å². The fourth-order valence-corrected chi connectivity index (χ4v) is 3.20. The average molecular weight is 341 g/mol. The number of anilines is 1. The smallest absolute Gasteiger partial charge is 0.147 e. The first kappa shape index (κ1) is 12.9. The third kappa shape index (κ3) is 2.49. The summed E-state index contributed by atoms with van der Waals surface area (Å²) in [4.78, 5) is 0. The van der Waals surface area contributed by atoms with Crippen LogP contribution in [0.4, 0.5) is 10.1 Å². The van der Waals surface area contributed by atoms with Gasteiger partial charge in [0.25, 0.3) is 0 Å². The van der Waals surface area contributed by atoms with Gasteiger partial charge in [-0.1, -0.05) is 23.7 Å². The molecule has 19 heavy (non-hydrogen) atoms. The highest BCUT2D eigenvalue weighted by Crippen LogP contribution is 2.37. The van der Waals surface area contributed by atoms with Gasteiger partial charge in [-0.25, -0.2) is 4.39 Å². The molecule has 0 radical (unpaired) electrons. The van der Waals surface area contributed by atoms with E-state index in [0.29, 0.717) is 5.69 Å². The van der Waals surface area contributed by atoms with Gasteiger partial charge in [-0.2, -0.15) is 0 Å². The van der Waals surface area contributed by atoms with E-state index in [4.69, 9.17) is 11.6 Å². The first-order valence-corrected chi connectivity index (χ1v) is 7.31. The van der Waals surface area contributed by atoms with Crippen molar-refractivity contribution in [1.29, 1.82) is 0 Å². The van der Waals surface area contributed by atoms with E-state index in [1.807, 2.05) is 24.3 Å². The molecule has 0 fully saturated rings. The Labute approximate surface area is 124 Å². The molecular formula is C15H12BrClFN. The number of hydrogen-bond acceptors (Lipinski definition) is 1. The first-order valence-electron chi connectivity index (χ1n) is 6.14. The minimum absolute atomic E-state index is 0.139. The molecule has 4 heteroatoms. The molecule has 0 saturated heterocycles. The van der Waals surface area contributed by atoms with E-state index in [9.17, 15) is 4.39 Å². The van der Waals surface area contributed by atoms with Crippen molar-refractivity contribution < 1.29 is 4.39 Å². The van der Waals surface area contributed by atoms with Crippen LogP contribution >= 0.6 is 27.5 Å². The van der Waals surface area contributed by atoms with Crippen molar-refractivity contribution in [3.63, 3.8) is 0 Å². The molecule has 2 aromatic rings. The van der Waals surface area contributed by atoms with Gasteiger partial charge in [0.05, 0.1) is 11.7 Å².